The summed E-state index contributed by atoms with van der Waals surface area (Å²) in [4.78, 5) is 27.1. The lowest BCUT2D eigenvalue weighted by molar-refractivity contribution is -0.133. The summed E-state index contributed by atoms with van der Waals surface area (Å²) in [6.07, 6.45) is 3.82. The normalized spacial score (nSPS) is 18.7. The van der Waals surface area contributed by atoms with Crippen molar-refractivity contribution in [1.29, 1.82) is 0 Å². The maximum atomic E-state index is 13.5. The fraction of sp³-hybridized carbons (Fsp3) is 0.560. The molecule has 0 spiro atoms. The Bertz CT molecular complexity index is 951. The van der Waals surface area contributed by atoms with E-state index in [0.717, 1.165) is 37.3 Å². The fourth-order valence-electron chi connectivity index (χ4n) is 4.85. The molecule has 1 fully saturated rings. The molecular formula is C25H34ClN5O. The summed E-state index contributed by atoms with van der Waals surface area (Å²) >= 11 is 6.08. The molecule has 1 aromatic carbocycles. The van der Waals surface area contributed by atoms with Crippen molar-refractivity contribution in [2.24, 2.45) is 0 Å². The van der Waals surface area contributed by atoms with Gasteiger partial charge in [-0.3, -0.25) is 4.79 Å². The standard InChI is InChI=1S/C25H34ClN5O/c1-17(2)27-15-20(18-5-7-19(26)8-6-18)24(32)31-13-11-30(12-14-31)23-22-21(28-16-29-23)9-10-25(22,3)4/h5-8,16-17,20,27H,9-15H2,1-4H3. The van der Waals surface area contributed by atoms with Crippen molar-refractivity contribution in [3.8, 4) is 0 Å². The second kappa shape index (κ2) is 9.36. The zero-order chi connectivity index (χ0) is 22.9. The molecule has 1 amide bonds. The number of hydrogen-bond donors (Lipinski definition) is 1. The van der Waals surface area contributed by atoms with Crippen LogP contribution in [0, 0.1) is 0 Å². The number of hydrogen-bond acceptors (Lipinski definition) is 5. The van der Waals surface area contributed by atoms with Gasteiger partial charge in [-0.15, -0.1) is 0 Å². The number of aromatic nitrogens is 2. The molecule has 1 aromatic heterocycles. The third kappa shape index (κ3) is 4.76. The van der Waals surface area contributed by atoms with Gasteiger partial charge in [-0.1, -0.05) is 51.4 Å². The zero-order valence-electron chi connectivity index (χ0n) is 19.6. The minimum absolute atomic E-state index is 0.0983. The fourth-order valence-corrected chi connectivity index (χ4v) is 4.97. The van der Waals surface area contributed by atoms with E-state index < -0.39 is 0 Å². The highest BCUT2D eigenvalue weighted by atomic mass is 35.5. The first kappa shape index (κ1) is 23.0. The van der Waals surface area contributed by atoms with Gasteiger partial charge in [0.05, 0.1) is 5.92 Å². The molecule has 1 N–H and O–H groups in total. The van der Waals surface area contributed by atoms with E-state index in [2.05, 4.69) is 47.9 Å². The molecule has 1 aliphatic carbocycles. The van der Waals surface area contributed by atoms with Gasteiger partial charge < -0.3 is 15.1 Å². The maximum Gasteiger partial charge on any atom is 0.231 e. The molecule has 4 rings (SSSR count). The van der Waals surface area contributed by atoms with Crippen LogP contribution in [0.5, 0.6) is 0 Å². The van der Waals surface area contributed by atoms with Crippen molar-refractivity contribution in [2.45, 2.75) is 57.9 Å². The van der Waals surface area contributed by atoms with Crippen LogP contribution in [-0.2, 0) is 16.6 Å². The summed E-state index contributed by atoms with van der Waals surface area (Å²) < 4.78 is 0. The largest absolute Gasteiger partial charge is 0.353 e. The summed E-state index contributed by atoms with van der Waals surface area (Å²) in [5.41, 5.74) is 3.58. The van der Waals surface area contributed by atoms with Crippen LogP contribution in [0.3, 0.4) is 0 Å². The van der Waals surface area contributed by atoms with Gasteiger partial charge in [0, 0.05) is 55.0 Å². The van der Waals surface area contributed by atoms with E-state index in [4.69, 9.17) is 11.6 Å². The monoisotopic (exact) mass is 455 g/mol. The van der Waals surface area contributed by atoms with Gasteiger partial charge in [-0.2, -0.15) is 0 Å². The molecule has 1 atom stereocenters. The highest BCUT2D eigenvalue weighted by Crippen LogP contribution is 2.42. The molecule has 32 heavy (non-hydrogen) atoms. The van der Waals surface area contributed by atoms with E-state index in [-0.39, 0.29) is 17.2 Å². The summed E-state index contributed by atoms with van der Waals surface area (Å²) in [6, 6.07) is 7.98. The Morgan fingerprint density at radius 1 is 1.12 bits per heavy atom. The van der Waals surface area contributed by atoms with Gasteiger partial charge in [-0.05, 0) is 36.0 Å². The number of carbonyl (C=O) groups excluding carboxylic acids is 1. The predicted octanol–water partition coefficient (Wildman–Crippen LogP) is 3.78. The summed E-state index contributed by atoms with van der Waals surface area (Å²) in [7, 11) is 0. The van der Waals surface area contributed by atoms with Crippen molar-refractivity contribution in [2.75, 3.05) is 37.6 Å². The number of aryl methyl sites for hydroxylation is 1. The van der Waals surface area contributed by atoms with E-state index >= 15 is 0 Å². The molecule has 0 radical (unpaired) electrons. The van der Waals surface area contributed by atoms with Gasteiger partial charge >= 0.3 is 0 Å². The van der Waals surface area contributed by atoms with Gasteiger partial charge in [0.2, 0.25) is 5.91 Å². The number of piperazine rings is 1. The van der Waals surface area contributed by atoms with Crippen LogP contribution < -0.4 is 10.2 Å². The highest BCUT2D eigenvalue weighted by Gasteiger charge is 2.37. The molecule has 1 saturated heterocycles. The molecule has 6 nitrogen and oxygen atoms in total. The van der Waals surface area contributed by atoms with Gasteiger partial charge in [-0.25, -0.2) is 9.97 Å². The molecule has 2 aliphatic rings. The van der Waals surface area contributed by atoms with E-state index in [1.54, 1.807) is 6.33 Å². The van der Waals surface area contributed by atoms with Crippen molar-refractivity contribution in [3.63, 3.8) is 0 Å². The zero-order valence-corrected chi connectivity index (χ0v) is 20.3. The predicted molar refractivity (Wildman–Crippen MR) is 130 cm³/mol. The smallest absolute Gasteiger partial charge is 0.231 e. The number of amides is 1. The van der Waals surface area contributed by atoms with Crippen LogP contribution >= 0.6 is 11.6 Å². The third-order valence-corrected chi connectivity index (χ3v) is 7.01. The van der Waals surface area contributed by atoms with Crippen LogP contribution in [0.1, 0.15) is 56.9 Å². The second-order valence-electron chi connectivity index (χ2n) is 9.88. The van der Waals surface area contributed by atoms with Crippen LogP contribution in [0.2, 0.25) is 5.02 Å². The Labute approximate surface area is 196 Å². The first-order valence-corrected chi connectivity index (χ1v) is 12.0. The topological polar surface area (TPSA) is 61.4 Å². The van der Waals surface area contributed by atoms with E-state index in [0.29, 0.717) is 30.7 Å². The molecule has 7 heteroatoms. The first-order valence-electron chi connectivity index (χ1n) is 11.6. The number of anilines is 1. The van der Waals surface area contributed by atoms with Crippen LogP contribution in [0.25, 0.3) is 0 Å². The number of fused-ring (bicyclic) bond motifs is 1. The van der Waals surface area contributed by atoms with E-state index in [1.807, 2.05) is 29.2 Å². The van der Waals surface area contributed by atoms with Crippen molar-refractivity contribution in [3.05, 3.63) is 52.4 Å². The van der Waals surface area contributed by atoms with Gasteiger partial charge in [0.15, 0.2) is 0 Å². The van der Waals surface area contributed by atoms with Crippen LogP contribution in [0.15, 0.2) is 30.6 Å². The van der Waals surface area contributed by atoms with Crippen LogP contribution in [0.4, 0.5) is 5.82 Å². The average Bonchev–Trinajstić information content (AvgIpc) is 3.10. The summed E-state index contributed by atoms with van der Waals surface area (Å²) in [5.74, 6) is 1.01. The number of benzene rings is 1. The second-order valence-corrected chi connectivity index (χ2v) is 10.3. The Balaban J connectivity index is 1.48. The maximum absolute atomic E-state index is 13.5. The number of halogens is 1. The molecule has 1 unspecified atom stereocenters. The quantitative estimate of drug-likeness (QED) is 0.718. The highest BCUT2D eigenvalue weighted by molar-refractivity contribution is 6.30. The molecule has 172 valence electrons. The summed E-state index contributed by atoms with van der Waals surface area (Å²) in [5, 5.41) is 4.13. The first-order chi connectivity index (χ1) is 15.3. The number of rotatable bonds is 6. The average molecular weight is 456 g/mol. The lowest BCUT2D eigenvalue weighted by Gasteiger charge is -2.38. The van der Waals surface area contributed by atoms with Gasteiger partial charge in [0.25, 0.3) is 0 Å². The van der Waals surface area contributed by atoms with Gasteiger partial charge in [0.1, 0.15) is 12.1 Å². The molecule has 2 heterocycles. The molecular weight excluding hydrogens is 422 g/mol. The molecule has 0 bridgehead atoms. The van der Waals surface area contributed by atoms with Crippen molar-refractivity contribution in [1.82, 2.24) is 20.2 Å². The minimum Gasteiger partial charge on any atom is -0.353 e. The molecule has 0 saturated carbocycles. The SMILES string of the molecule is CC(C)NCC(C(=O)N1CCN(c2ncnc3c2C(C)(C)CC3)CC1)c1ccc(Cl)cc1. The molecule has 1 aliphatic heterocycles. The number of carbonyl (C=O) groups is 1. The minimum atomic E-state index is -0.219. The molecule has 2 aromatic rings. The Kier molecular flexibility index (Phi) is 6.72. The van der Waals surface area contributed by atoms with Crippen LogP contribution in [-0.4, -0.2) is 59.5 Å². The third-order valence-electron chi connectivity index (χ3n) is 6.76. The number of nitrogens with zero attached hydrogens (tertiary/aromatic N) is 4. The van der Waals surface area contributed by atoms with E-state index in [1.165, 1.54) is 11.3 Å². The van der Waals surface area contributed by atoms with E-state index in [9.17, 15) is 4.79 Å². The lowest BCUT2D eigenvalue weighted by atomic mass is 9.87. The van der Waals surface area contributed by atoms with Crippen molar-refractivity contribution < 1.29 is 4.79 Å². The number of nitrogens with one attached hydrogen (secondary N) is 1. The summed E-state index contributed by atoms with van der Waals surface area (Å²) in [6.45, 7) is 12.4. The lowest BCUT2D eigenvalue weighted by Crippen LogP contribution is -2.51. The Morgan fingerprint density at radius 3 is 2.47 bits per heavy atom. The Hall–Kier alpha value is -2.18. The Morgan fingerprint density at radius 2 is 1.81 bits per heavy atom. The van der Waals surface area contributed by atoms with Crippen molar-refractivity contribution >= 4 is 23.3 Å².